The molecule has 0 bridgehead atoms. The first kappa shape index (κ1) is 19.0. The highest BCUT2D eigenvalue weighted by Gasteiger charge is 2.72. The molecule has 0 aliphatic carbocycles. The smallest absolute Gasteiger partial charge is 0.336 e. The number of aryl methyl sites for hydroxylation is 1. The van der Waals surface area contributed by atoms with Crippen LogP contribution in [0.2, 0.25) is 0 Å². The maximum Gasteiger partial charge on any atom is 0.336 e. The van der Waals surface area contributed by atoms with E-state index in [1.165, 1.54) is 0 Å². The van der Waals surface area contributed by atoms with Crippen LogP contribution in [0.3, 0.4) is 0 Å². The van der Waals surface area contributed by atoms with Gasteiger partial charge in [-0.25, -0.2) is 4.79 Å². The number of thiocarbonyl (C=S) groups is 1. The summed E-state index contributed by atoms with van der Waals surface area (Å²) < 4.78 is 5.97. The van der Waals surface area contributed by atoms with Gasteiger partial charge in [-0.3, -0.25) is 0 Å². The van der Waals surface area contributed by atoms with Gasteiger partial charge in [-0.2, -0.15) is 0 Å². The molecule has 1 N–H and O–H groups in total. The van der Waals surface area contributed by atoms with Gasteiger partial charge in [-0.1, -0.05) is 52.4 Å². The number of rotatable bonds is 3. The molecule has 3 heterocycles. The SMILES string of the molecule is Cc1noc(-c2ccc(Br)cc2)c1[C@@]1(C(=O)O)N2C(=S)[C@@H](C)[C@H]2SC1(C)C. The Labute approximate surface area is 175 Å². The number of aromatic nitrogens is 1. The van der Waals surface area contributed by atoms with Crippen molar-refractivity contribution in [3.8, 4) is 11.3 Å². The summed E-state index contributed by atoms with van der Waals surface area (Å²) in [5.41, 5.74) is 0.620. The van der Waals surface area contributed by atoms with Crippen molar-refractivity contribution in [3.05, 3.63) is 40.0 Å². The van der Waals surface area contributed by atoms with Gasteiger partial charge in [-0.05, 0) is 32.9 Å². The van der Waals surface area contributed by atoms with Gasteiger partial charge >= 0.3 is 5.97 Å². The number of carboxylic acids is 1. The summed E-state index contributed by atoms with van der Waals surface area (Å²) in [5, 5.41) is 14.7. The van der Waals surface area contributed by atoms with Crippen molar-refractivity contribution in [1.82, 2.24) is 10.1 Å². The Morgan fingerprint density at radius 1 is 1.37 bits per heavy atom. The minimum Gasteiger partial charge on any atom is -0.479 e. The molecule has 2 saturated heterocycles. The van der Waals surface area contributed by atoms with Crippen molar-refractivity contribution < 1.29 is 14.4 Å². The van der Waals surface area contributed by atoms with E-state index >= 15 is 0 Å². The van der Waals surface area contributed by atoms with Crippen LogP contribution in [0.4, 0.5) is 0 Å². The third-order valence-corrected chi connectivity index (χ3v) is 8.44. The van der Waals surface area contributed by atoms with Crippen molar-refractivity contribution in [2.75, 3.05) is 0 Å². The van der Waals surface area contributed by atoms with E-state index in [1.54, 1.807) is 18.7 Å². The highest BCUT2D eigenvalue weighted by Crippen LogP contribution is 2.64. The zero-order valence-corrected chi connectivity index (χ0v) is 18.5. The molecule has 0 unspecified atom stereocenters. The molecule has 4 rings (SSSR count). The first-order valence-corrected chi connectivity index (χ1v) is 10.7. The summed E-state index contributed by atoms with van der Waals surface area (Å²) in [5.74, 6) is -0.276. The third-order valence-electron chi connectivity index (χ3n) is 5.60. The van der Waals surface area contributed by atoms with Gasteiger partial charge in [0.2, 0.25) is 0 Å². The number of fused-ring (bicyclic) bond motifs is 1. The number of nitrogens with zero attached hydrogens (tertiary/aromatic N) is 2. The number of carboxylic acid groups (broad SMARTS) is 1. The van der Waals surface area contributed by atoms with E-state index in [0.717, 1.165) is 10.0 Å². The van der Waals surface area contributed by atoms with E-state index in [1.807, 2.05) is 43.0 Å². The molecule has 3 atom stereocenters. The van der Waals surface area contributed by atoms with Gasteiger partial charge in [-0.15, -0.1) is 11.8 Å². The Morgan fingerprint density at radius 2 is 2.00 bits per heavy atom. The number of hydrogen-bond acceptors (Lipinski definition) is 5. The Bertz CT molecular complexity index is 956. The van der Waals surface area contributed by atoms with Crippen LogP contribution in [0.1, 0.15) is 32.0 Å². The summed E-state index contributed by atoms with van der Waals surface area (Å²) in [4.78, 5) is 15.5. The lowest BCUT2D eigenvalue weighted by Gasteiger charge is -2.51. The monoisotopic (exact) mass is 466 g/mol. The van der Waals surface area contributed by atoms with Crippen molar-refractivity contribution in [2.45, 2.75) is 43.4 Å². The van der Waals surface area contributed by atoms with Crippen LogP contribution < -0.4 is 0 Å². The first-order valence-electron chi connectivity index (χ1n) is 8.60. The number of benzene rings is 1. The second-order valence-electron chi connectivity index (χ2n) is 7.51. The van der Waals surface area contributed by atoms with Crippen molar-refractivity contribution in [1.29, 1.82) is 0 Å². The molecule has 1 aromatic carbocycles. The highest BCUT2D eigenvalue weighted by atomic mass is 79.9. The van der Waals surface area contributed by atoms with Crippen molar-refractivity contribution in [2.24, 2.45) is 5.92 Å². The first-order chi connectivity index (χ1) is 12.6. The van der Waals surface area contributed by atoms with Gasteiger partial charge in [0.05, 0.1) is 26.4 Å². The lowest BCUT2D eigenvalue weighted by Crippen LogP contribution is -2.67. The topological polar surface area (TPSA) is 66.6 Å². The highest BCUT2D eigenvalue weighted by molar-refractivity contribution is 9.10. The molecule has 5 nitrogen and oxygen atoms in total. The number of carbonyl (C=O) groups is 1. The predicted octanol–water partition coefficient (Wildman–Crippen LogP) is 4.82. The predicted molar refractivity (Wildman–Crippen MR) is 113 cm³/mol. The van der Waals surface area contributed by atoms with Crippen LogP contribution in [0, 0.1) is 12.8 Å². The maximum atomic E-state index is 12.9. The molecular weight excluding hydrogens is 448 g/mol. The van der Waals surface area contributed by atoms with Gasteiger partial charge in [0.25, 0.3) is 0 Å². The Hall–Kier alpha value is -1.38. The number of thioether (sulfide) groups is 1. The Balaban J connectivity index is 2.00. The molecule has 0 saturated carbocycles. The zero-order valence-electron chi connectivity index (χ0n) is 15.3. The second-order valence-corrected chi connectivity index (χ2v) is 10.6. The van der Waals surface area contributed by atoms with Gasteiger partial charge in [0.15, 0.2) is 11.3 Å². The van der Waals surface area contributed by atoms with E-state index in [0.29, 0.717) is 22.0 Å². The fraction of sp³-hybridized carbons (Fsp3) is 0.421. The van der Waals surface area contributed by atoms with E-state index in [4.69, 9.17) is 16.7 Å². The molecule has 0 amide bonds. The summed E-state index contributed by atoms with van der Waals surface area (Å²) in [7, 11) is 0. The molecule has 2 aliphatic rings. The van der Waals surface area contributed by atoms with Crippen LogP contribution in [-0.4, -0.2) is 36.2 Å². The van der Waals surface area contributed by atoms with Gasteiger partial charge < -0.3 is 14.5 Å². The molecular formula is C19H19BrN2O3S2. The largest absolute Gasteiger partial charge is 0.479 e. The molecule has 27 heavy (non-hydrogen) atoms. The standard InChI is InChI=1S/C19H19BrN2O3S2/c1-9-15(26)22-16(9)27-18(3,4)19(22,17(23)24)13-10(2)21-25-14(13)11-5-7-12(20)8-6-11/h5-9,16H,1-4H3,(H,23,24)/t9-,16-,19+/m1/s1. The number of hydrogen-bond donors (Lipinski definition) is 1. The maximum absolute atomic E-state index is 12.9. The molecule has 2 aromatic rings. The van der Waals surface area contributed by atoms with Gasteiger partial charge in [0, 0.05) is 16.0 Å². The van der Waals surface area contributed by atoms with Crippen molar-refractivity contribution in [3.63, 3.8) is 0 Å². The average Bonchev–Trinajstić information content (AvgIpc) is 3.09. The van der Waals surface area contributed by atoms with E-state index in [2.05, 4.69) is 28.0 Å². The molecule has 0 radical (unpaired) electrons. The minimum atomic E-state index is -1.33. The lowest BCUT2D eigenvalue weighted by molar-refractivity contribution is -0.152. The van der Waals surface area contributed by atoms with Crippen LogP contribution in [0.15, 0.2) is 33.3 Å². The quantitative estimate of drug-likeness (QED) is 0.649. The van der Waals surface area contributed by atoms with E-state index in [-0.39, 0.29) is 11.3 Å². The molecule has 2 fully saturated rings. The van der Waals surface area contributed by atoms with E-state index < -0.39 is 16.3 Å². The normalized spacial score (nSPS) is 28.8. The number of aliphatic carboxylic acids is 1. The average molecular weight is 467 g/mol. The fourth-order valence-electron chi connectivity index (χ4n) is 4.28. The summed E-state index contributed by atoms with van der Waals surface area (Å²) >= 11 is 10.7. The summed E-state index contributed by atoms with van der Waals surface area (Å²) in [6.45, 7) is 7.79. The molecule has 2 aliphatic heterocycles. The minimum absolute atomic E-state index is 0.0377. The van der Waals surface area contributed by atoms with Crippen LogP contribution in [0.25, 0.3) is 11.3 Å². The van der Waals surface area contributed by atoms with Crippen LogP contribution in [0.5, 0.6) is 0 Å². The Kier molecular flexibility index (Phi) is 4.25. The summed E-state index contributed by atoms with van der Waals surface area (Å²) in [6.07, 6.45) is 0. The van der Waals surface area contributed by atoms with Gasteiger partial charge in [0.1, 0.15) is 0 Å². The summed E-state index contributed by atoms with van der Waals surface area (Å²) in [6, 6.07) is 7.59. The zero-order chi connectivity index (χ0) is 19.7. The van der Waals surface area contributed by atoms with E-state index in [9.17, 15) is 9.90 Å². The number of halogens is 1. The molecule has 8 heteroatoms. The lowest BCUT2D eigenvalue weighted by atomic mass is 9.73. The van der Waals surface area contributed by atoms with Crippen LogP contribution in [-0.2, 0) is 10.3 Å². The third kappa shape index (κ3) is 2.32. The fourth-order valence-corrected chi connectivity index (χ4v) is 6.85. The molecule has 142 valence electrons. The second kappa shape index (κ2) is 6.06. The van der Waals surface area contributed by atoms with Crippen molar-refractivity contribution >= 4 is 50.9 Å². The molecule has 1 aromatic heterocycles. The Morgan fingerprint density at radius 3 is 2.59 bits per heavy atom. The van der Waals surface area contributed by atoms with Crippen LogP contribution >= 0.6 is 39.9 Å². The molecule has 0 spiro atoms.